The number of carbonyl (C=O) groups is 1. The first-order valence-electron chi connectivity index (χ1n) is 9.90. The van der Waals surface area contributed by atoms with Gasteiger partial charge in [-0.3, -0.25) is 4.79 Å². The number of carbonyl (C=O) groups excluding carboxylic acids is 1. The Morgan fingerprint density at radius 3 is 2.52 bits per heavy atom. The number of alkyl halides is 2. The molecule has 0 spiro atoms. The van der Waals surface area contributed by atoms with Gasteiger partial charge in [0.05, 0.1) is 17.4 Å². The second-order valence-corrected chi connectivity index (χ2v) is 7.85. The molecule has 2 N–H and O–H groups in total. The number of amides is 1. The summed E-state index contributed by atoms with van der Waals surface area (Å²) in [7, 11) is 0. The van der Waals surface area contributed by atoms with Crippen molar-refractivity contribution in [2.45, 2.75) is 44.8 Å². The van der Waals surface area contributed by atoms with Crippen LogP contribution in [0.15, 0.2) is 48.7 Å². The van der Waals surface area contributed by atoms with E-state index in [9.17, 15) is 18.7 Å². The van der Waals surface area contributed by atoms with E-state index in [1.807, 2.05) is 0 Å². The molecular weight excluding hydrogens is 412 g/mol. The van der Waals surface area contributed by atoms with Crippen molar-refractivity contribution in [3.8, 4) is 0 Å². The van der Waals surface area contributed by atoms with Crippen molar-refractivity contribution in [2.75, 3.05) is 11.9 Å². The number of aliphatic hydroxyl groups is 1. The number of nitrogens with one attached hydrogen (secondary N) is 1. The standard InChI is InChI=1S/C23H24F4N2O2/c1-13-10-17(5-7-20(13)24)28-22(31)16-4-6-21(25)19(12-16)23(26,27)15(3)29-9-8-18(30)11-14(29)2/h4-7,10,12,14,18,30H,3,8-9,11H2,1-2H3,(H,28,31)/t14-,18+/m1/s1. The largest absolute Gasteiger partial charge is 0.393 e. The molecule has 1 fully saturated rings. The minimum absolute atomic E-state index is 0.169. The molecule has 1 saturated heterocycles. The second kappa shape index (κ2) is 8.70. The van der Waals surface area contributed by atoms with E-state index in [1.54, 1.807) is 6.92 Å². The van der Waals surface area contributed by atoms with Gasteiger partial charge in [-0.2, -0.15) is 8.78 Å². The molecule has 3 rings (SSSR count). The van der Waals surface area contributed by atoms with Gasteiger partial charge in [-0.05, 0) is 68.7 Å². The average Bonchev–Trinajstić information content (AvgIpc) is 2.70. The van der Waals surface area contributed by atoms with Crippen molar-refractivity contribution in [2.24, 2.45) is 0 Å². The third-order valence-corrected chi connectivity index (χ3v) is 5.54. The molecule has 1 aliphatic heterocycles. The Balaban J connectivity index is 1.86. The Kier molecular flexibility index (Phi) is 6.40. The van der Waals surface area contributed by atoms with Crippen molar-refractivity contribution < 1.29 is 27.5 Å². The number of allylic oxidation sites excluding steroid dienone is 1. The monoisotopic (exact) mass is 436 g/mol. The van der Waals surface area contributed by atoms with Crippen molar-refractivity contribution >= 4 is 11.6 Å². The molecule has 31 heavy (non-hydrogen) atoms. The van der Waals surface area contributed by atoms with Crippen LogP contribution in [0.2, 0.25) is 0 Å². The Labute approximate surface area is 178 Å². The summed E-state index contributed by atoms with van der Waals surface area (Å²) in [6.45, 7) is 6.87. The fourth-order valence-corrected chi connectivity index (χ4v) is 3.72. The van der Waals surface area contributed by atoms with Gasteiger partial charge in [-0.1, -0.05) is 6.58 Å². The summed E-state index contributed by atoms with van der Waals surface area (Å²) in [5.41, 5.74) is -1.13. The molecule has 0 unspecified atom stereocenters. The molecular formula is C23H24F4N2O2. The van der Waals surface area contributed by atoms with Crippen LogP contribution in [0.1, 0.15) is 41.3 Å². The molecule has 166 valence electrons. The van der Waals surface area contributed by atoms with Crippen LogP contribution in [-0.4, -0.2) is 34.6 Å². The molecule has 0 aliphatic carbocycles. The minimum atomic E-state index is -3.76. The van der Waals surface area contributed by atoms with Gasteiger partial charge in [0.2, 0.25) is 0 Å². The van der Waals surface area contributed by atoms with E-state index < -0.39 is 46.9 Å². The Morgan fingerprint density at radius 1 is 1.19 bits per heavy atom. The van der Waals surface area contributed by atoms with Crippen molar-refractivity contribution in [1.29, 1.82) is 0 Å². The Morgan fingerprint density at radius 2 is 1.87 bits per heavy atom. The van der Waals surface area contributed by atoms with E-state index in [4.69, 9.17) is 0 Å². The summed E-state index contributed by atoms with van der Waals surface area (Å²) in [6, 6.07) is 6.24. The molecule has 4 nitrogen and oxygen atoms in total. The van der Waals surface area contributed by atoms with Gasteiger partial charge >= 0.3 is 5.92 Å². The number of likely N-dealkylation sites (tertiary alicyclic amines) is 1. The zero-order chi connectivity index (χ0) is 22.9. The van der Waals surface area contributed by atoms with Gasteiger partial charge in [0.1, 0.15) is 11.6 Å². The molecule has 1 amide bonds. The summed E-state index contributed by atoms with van der Waals surface area (Å²) in [4.78, 5) is 13.9. The van der Waals surface area contributed by atoms with E-state index in [0.29, 0.717) is 18.4 Å². The Hall–Kier alpha value is -2.87. The van der Waals surface area contributed by atoms with Crippen LogP contribution < -0.4 is 5.32 Å². The number of aliphatic hydroxyl groups excluding tert-OH is 1. The maximum atomic E-state index is 15.2. The summed E-state index contributed by atoms with van der Waals surface area (Å²) < 4.78 is 58.2. The minimum Gasteiger partial charge on any atom is -0.393 e. The fourth-order valence-electron chi connectivity index (χ4n) is 3.72. The maximum Gasteiger partial charge on any atom is 0.314 e. The molecule has 2 atom stereocenters. The smallest absolute Gasteiger partial charge is 0.314 e. The first kappa shape index (κ1) is 22.8. The first-order chi connectivity index (χ1) is 14.5. The van der Waals surface area contributed by atoms with Gasteiger partial charge < -0.3 is 15.3 Å². The van der Waals surface area contributed by atoms with Crippen LogP contribution in [0.3, 0.4) is 0 Å². The summed E-state index contributed by atoms with van der Waals surface area (Å²) >= 11 is 0. The van der Waals surface area contributed by atoms with Gasteiger partial charge in [-0.25, -0.2) is 8.78 Å². The number of anilines is 1. The summed E-state index contributed by atoms with van der Waals surface area (Å²) in [5, 5.41) is 12.2. The van der Waals surface area contributed by atoms with Crippen LogP contribution in [0.4, 0.5) is 23.2 Å². The van der Waals surface area contributed by atoms with Crippen LogP contribution in [0, 0.1) is 18.6 Å². The number of hydrogen-bond donors (Lipinski definition) is 2. The van der Waals surface area contributed by atoms with Gasteiger partial charge in [0, 0.05) is 23.8 Å². The molecule has 2 aromatic rings. The maximum absolute atomic E-state index is 15.2. The highest BCUT2D eigenvalue weighted by molar-refractivity contribution is 6.04. The molecule has 8 heteroatoms. The fraction of sp³-hybridized carbons (Fsp3) is 0.348. The predicted octanol–water partition coefficient (Wildman–Crippen LogP) is 4.98. The number of hydrogen-bond acceptors (Lipinski definition) is 3. The predicted molar refractivity (Wildman–Crippen MR) is 110 cm³/mol. The molecule has 1 heterocycles. The van der Waals surface area contributed by atoms with Gasteiger partial charge in [0.15, 0.2) is 0 Å². The van der Waals surface area contributed by atoms with E-state index in [0.717, 1.165) is 18.2 Å². The zero-order valence-electron chi connectivity index (χ0n) is 17.3. The lowest BCUT2D eigenvalue weighted by molar-refractivity contribution is -0.0220. The lowest BCUT2D eigenvalue weighted by Crippen LogP contribution is -2.45. The topological polar surface area (TPSA) is 52.6 Å². The van der Waals surface area contributed by atoms with Crippen molar-refractivity contribution in [1.82, 2.24) is 4.90 Å². The van der Waals surface area contributed by atoms with Crippen LogP contribution in [0.25, 0.3) is 0 Å². The van der Waals surface area contributed by atoms with Gasteiger partial charge in [0.25, 0.3) is 5.91 Å². The highest BCUT2D eigenvalue weighted by Gasteiger charge is 2.43. The second-order valence-electron chi connectivity index (χ2n) is 7.85. The summed E-state index contributed by atoms with van der Waals surface area (Å²) in [6.07, 6.45) is 0.0324. The number of rotatable bonds is 5. The first-order valence-corrected chi connectivity index (χ1v) is 9.90. The lowest BCUT2D eigenvalue weighted by Gasteiger charge is -2.41. The third-order valence-electron chi connectivity index (χ3n) is 5.54. The quantitative estimate of drug-likeness (QED) is 0.651. The lowest BCUT2D eigenvalue weighted by atomic mass is 9.96. The SMILES string of the molecule is C=C(N1CC[C@H](O)C[C@H]1C)C(F)(F)c1cc(C(=O)Nc2ccc(F)c(C)c2)ccc1F. The van der Waals surface area contributed by atoms with E-state index >= 15 is 8.78 Å². The van der Waals surface area contributed by atoms with Gasteiger partial charge in [-0.15, -0.1) is 0 Å². The van der Waals surface area contributed by atoms with E-state index in [-0.39, 0.29) is 17.8 Å². The molecule has 0 aromatic heterocycles. The highest BCUT2D eigenvalue weighted by Crippen LogP contribution is 2.40. The van der Waals surface area contributed by atoms with Crippen molar-refractivity contribution in [3.05, 3.63) is 77.0 Å². The van der Waals surface area contributed by atoms with Crippen molar-refractivity contribution in [3.63, 3.8) is 0 Å². The van der Waals surface area contributed by atoms with Crippen LogP contribution >= 0.6 is 0 Å². The van der Waals surface area contributed by atoms with Crippen LogP contribution in [0.5, 0.6) is 0 Å². The zero-order valence-corrected chi connectivity index (χ0v) is 17.3. The number of nitrogens with zero attached hydrogens (tertiary/aromatic N) is 1. The number of benzene rings is 2. The number of aryl methyl sites for hydroxylation is 1. The van der Waals surface area contributed by atoms with E-state index in [2.05, 4.69) is 11.9 Å². The molecule has 0 bridgehead atoms. The highest BCUT2D eigenvalue weighted by atomic mass is 19.3. The van der Waals surface area contributed by atoms with E-state index in [1.165, 1.54) is 30.0 Å². The molecule has 2 aromatic carbocycles. The Bertz CT molecular complexity index is 1010. The number of halogens is 4. The average molecular weight is 436 g/mol. The molecule has 0 radical (unpaired) electrons. The molecule has 1 aliphatic rings. The summed E-state index contributed by atoms with van der Waals surface area (Å²) in [5.74, 6) is -6.10. The molecule has 0 saturated carbocycles. The van der Waals surface area contributed by atoms with Crippen LogP contribution in [-0.2, 0) is 5.92 Å². The third kappa shape index (κ3) is 4.74. The number of piperidine rings is 1. The normalized spacial score (nSPS) is 19.3.